The molecule has 0 spiro atoms. The van der Waals surface area contributed by atoms with Gasteiger partial charge in [0, 0.05) is 0 Å². The molecule has 3 aromatic carbocycles. The highest BCUT2D eigenvalue weighted by molar-refractivity contribution is 6.87. The first-order chi connectivity index (χ1) is 15.0. The van der Waals surface area contributed by atoms with Gasteiger partial charge in [-0.05, 0) is 60.3 Å². The van der Waals surface area contributed by atoms with Crippen LogP contribution in [0.5, 0.6) is 0 Å². The molecule has 0 saturated heterocycles. The summed E-state index contributed by atoms with van der Waals surface area (Å²) < 4.78 is 0. The van der Waals surface area contributed by atoms with Gasteiger partial charge in [-0.15, -0.1) is 0 Å². The predicted octanol–water partition coefficient (Wildman–Crippen LogP) is 7.06. The smallest absolute Gasteiger partial charge is 0.0628 e. The Labute approximate surface area is 191 Å². The topological polar surface area (TPSA) is 0 Å². The number of rotatable bonds is 6. The fourth-order valence-electron chi connectivity index (χ4n) is 6.25. The van der Waals surface area contributed by atoms with Crippen molar-refractivity contribution < 1.29 is 0 Å². The highest BCUT2D eigenvalue weighted by Gasteiger charge is 2.45. The van der Waals surface area contributed by atoms with Crippen molar-refractivity contribution in [1.29, 1.82) is 0 Å². The van der Waals surface area contributed by atoms with E-state index in [0.29, 0.717) is 5.92 Å². The van der Waals surface area contributed by atoms with E-state index in [1.54, 1.807) is 5.56 Å². The van der Waals surface area contributed by atoms with Crippen LogP contribution in [-0.2, 0) is 0 Å². The molecule has 1 aliphatic rings. The summed E-state index contributed by atoms with van der Waals surface area (Å²) in [5.74, 6) is 1.36. The van der Waals surface area contributed by atoms with E-state index in [4.69, 9.17) is 0 Å². The molecule has 0 amide bonds. The number of hydrogen-bond acceptors (Lipinski definition) is 0. The molecule has 0 heterocycles. The largest absolute Gasteiger partial charge is 0.127 e. The van der Waals surface area contributed by atoms with E-state index in [0.717, 1.165) is 5.92 Å². The molecule has 31 heavy (non-hydrogen) atoms. The second kappa shape index (κ2) is 9.57. The molecule has 0 nitrogen and oxygen atoms in total. The Morgan fingerprint density at radius 3 is 1.65 bits per heavy atom. The summed E-state index contributed by atoms with van der Waals surface area (Å²) in [5.41, 5.74) is 4.59. The maximum absolute atomic E-state index is 2.59. The highest BCUT2D eigenvalue weighted by atomic mass is 28.3. The lowest BCUT2D eigenvalue weighted by Crippen LogP contribution is -2.53. The maximum Gasteiger partial charge on any atom is 0.127 e. The van der Waals surface area contributed by atoms with Crippen LogP contribution in [0.2, 0.25) is 5.04 Å². The second-order valence-electron chi connectivity index (χ2n) is 10.0. The summed E-state index contributed by atoms with van der Waals surface area (Å²) in [6.45, 7) is 9.86. The van der Waals surface area contributed by atoms with E-state index < -0.39 is 8.80 Å². The van der Waals surface area contributed by atoms with Gasteiger partial charge in [-0.25, -0.2) is 0 Å². The Bertz CT molecular complexity index is 908. The first kappa shape index (κ1) is 22.1. The first-order valence-electron chi connectivity index (χ1n) is 12.0. The highest BCUT2D eigenvalue weighted by Crippen LogP contribution is 2.53. The zero-order valence-corrected chi connectivity index (χ0v) is 20.7. The quantitative estimate of drug-likeness (QED) is 0.371. The van der Waals surface area contributed by atoms with E-state index in [-0.39, 0.29) is 5.04 Å². The van der Waals surface area contributed by atoms with Crippen molar-refractivity contribution in [2.75, 3.05) is 0 Å². The zero-order valence-electron chi connectivity index (χ0n) is 19.7. The molecule has 0 aromatic heterocycles. The molecular formula is C30H37Si. The van der Waals surface area contributed by atoms with Crippen LogP contribution < -0.4 is 10.4 Å². The maximum atomic E-state index is 2.59. The predicted molar refractivity (Wildman–Crippen MR) is 137 cm³/mol. The van der Waals surface area contributed by atoms with E-state index in [2.05, 4.69) is 107 Å². The van der Waals surface area contributed by atoms with Crippen LogP contribution in [-0.4, -0.2) is 8.80 Å². The zero-order chi connectivity index (χ0) is 21.8. The van der Waals surface area contributed by atoms with Crippen molar-refractivity contribution in [3.8, 4) is 0 Å². The second-order valence-corrected chi connectivity index (χ2v) is 13.2. The minimum atomic E-state index is -1.00. The molecule has 1 unspecified atom stereocenters. The van der Waals surface area contributed by atoms with Crippen molar-refractivity contribution in [1.82, 2.24) is 0 Å². The minimum Gasteiger partial charge on any atom is -0.0628 e. The van der Waals surface area contributed by atoms with Crippen molar-refractivity contribution in [3.05, 3.63) is 95.6 Å². The molecule has 1 heteroatoms. The molecule has 0 N–H and O–H groups in total. The van der Waals surface area contributed by atoms with Crippen molar-refractivity contribution in [3.63, 3.8) is 0 Å². The van der Waals surface area contributed by atoms with Gasteiger partial charge in [0.05, 0.1) is 0 Å². The summed E-state index contributed by atoms with van der Waals surface area (Å²) in [6, 6.07) is 29.7. The normalized spacial score (nSPS) is 16.4. The average molecular weight is 426 g/mol. The van der Waals surface area contributed by atoms with Crippen molar-refractivity contribution in [2.24, 2.45) is 5.92 Å². The van der Waals surface area contributed by atoms with Gasteiger partial charge in [-0.1, -0.05) is 122 Å². The molecule has 1 radical (unpaired) electrons. The lowest BCUT2D eigenvalue weighted by Gasteiger charge is -2.47. The van der Waals surface area contributed by atoms with E-state index in [1.807, 2.05) is 0 Å². The Hall–Kier alpha value is -2.12. The van der Waals surface area contributed by atoms with Crippen LogP contribution in [0.4, 0.5) is 0 Å². The summed E-state index contributed by atoms with van der Waals surface area (Å²) in [4.78, 5) is 0. The van der Waals surface area contributed by atoms with E-state index in [1.165, 1.54) is 53.6 Å². The number of hydrogen-bond donors (Lipinski definition) is 0. The standard InChI is InChI=1S/C30H37Si/c1-23-15-14-16-24(2)28(23)29(25-17-8-5-9-18-25)30(3,4)31(26-19-10-6-11-20-26)27-21-12-7-13-22-27/h6-7,10-16,19-22,25,29H,5,8-9,17-18H2,1-4H3. The van der Waals surface area contributed by atoms with Crippen LogP contribution in [0.15, 0.2) is 78.9 Å². The van der Waals surface area contributed by atoms with Crippen LogP contribution >= 0.6 is 0 Å². The molecule has 3 aromatic rings. The SMILES string of the molecule is Cc1cccc(C)c1C(C1CCCCC1)C(C)(C)[Si](c1ccccc1)c1ccccc1. The molecule has 0 bridgehead atoms. The van der Waals surface area contributed by atoms with Crippen molar-refractivity contribution in [2.45, 2.75) is 70.8 Å². The summed E-state index contributed by atoms with van der Waals surface area (Å²) >= 11 is 0. The third kappa shape index (κ3) is 4.57. The number of benzene rings is 3. The average Bonchev–Trinajstić information content (AvgIpc) is 2.78. The fourth-order valence-corrected chi connectivity index (χ4v) is 9.81. The monoisotopic (exact) mass is 425 g/mol. The first-order valence-corrected chi connectivity index (χ1v) is 13.5. The molecule has 1 saturated carbocycles. The van der Waals surface area contributed by atoms with Gasteiger partial charge in [0.1, 0.15) is 8.80 Å². The Kier molecular flexibility index (Phi) is 6.82. The summed E-state index contributed by atoms with van der Waals surface area (Å²) in [5, 5.41) is 3.26. The molecule has 4 rings (SSSR count). The van der Waals surface area contributed by atoms with Gasteiger partial charge < -0.3 is 0 Å². The summed E-state index contributed by atoms with van der Waals surface area (Å²) in [7, 11) is -1.00. The van der Waals surface area contributed by atoms with Crippen LogP contribution in [0.3, 0.4) is 0 Å². The van der Waals surface area contributed by atoms with E-state index in [9.17, 15) is 0 Å². The van der Waals surface area contributed by atoms with Gasteiger partial charge in [0.15, 0.2) is 0 Å². The third-order valence-corrected chi connectivity index (χ3v) is 10.9. The Morgan fingerprint density at radius 1 is 0.677 bits per heavy atom. The van der Waals surface area contributed by atoms with Gasteiger partial charge >= 0.3 is 0 Å². The van der Waals surface area contributed by atoms with Gasteiger partial charge in [-0.2, -0.15) is 0 Å². The van der Waals surface area contributed by atoms with Gasteiger partial charge in [0.2, 0.25) is 0 Å². The number of aryl methyl sites for hydroxylation is 2. The lowest BCUT2D eigenvalue weighted by atomic mass is 9.69. The van der Waals surface area contributed by atoms with Gasteiger partial charge in [0.25, 0.3) is 0 Å². The van der Waals surface area contributed by atoms with Crippen LogP contribution in [0.1, 0.15) is 68.6 Å². The fraction of sp³-hybridized carbons (Fsp3) is 0.400. The Morgan fingerprint density at radius 2 is 1.16 bits per heavy atom. The molecule has 1 aliphatic carbocycles. The molecule has 161 valence electrons. The minimum absolute atomic E-state index is 0.187. The molecule has 1 atom stereocenters. The van der Waals surface area contributed by atoms with E-state index >= 15 is 0 Å². The lowest BCUT2D eigenvalue weighted by molar-refractivity contribution is 0.265. The molecule has 0 aliphatic heterocycles. The third-order valence-electron chi connectivity index (χ3n) is 7.52. The Balaban J connectivity index is 1.90. The molecular weight excluding hydrogens is 388 g/mol. The summed E-state index contributed by atoms with van der Waals surface area (Å²) in [6.07, 6.45) is 6.94. The van der Waals surface area contributed by atoms with Gasteiger partial charge in [-0.3, -0.25) is 0 Å². The van der Waals surface area contributed by atoms with Crippen LogP contribution in [0, 0.1) is 19.8 Å². The molecule has 1 fully saturated rings. The van der Waals surface area contributed by atoms with Crippen LogP contribution in [0.25, 0.3) is 0 Å². The van der Waals surface area contributed by atoms with Crippen molar-refractivity contribution >= 4 is 19.2 Å².